The third-order valence-electron chi connectivity index (χ3n) is 2.56. The van der Waals surface area contributed by atoms with Crippen molar-refractivity contribution < 1.29 is 5.11 Å². The zero-order valence-corrected chi connectivity index (χ0v) is 10.2. The van der Waals surface area contributed by atoms with Crippen LogP contribution in [0.1, 0.15) is 19.4 Å². The summed E-state index contributed by atoms with van der Waals surface area (Å²) in [4.78, 5) is 10.6. The highest BCUT2D eigenvalue weighted by Crippen LogP contribution is 2.23. The average molecular weight is 224 g/mol. The molecule has 0 amide bonds. The van der Waals surface area contributed by atoms with Crippen molar-refractivity contribution >= 4 is 11.6 Å². The minimum absolute atomic E-state index is 0.135. The van der Waals surface area contributed by atoms with Crippen molar-refractivity contribution in [3.8, 4) is 0 Å². The molecule has 0 aliphatic heterocycles. The summed E-state index contributed by atoms with van der Waals surface area (Å²) in [5.41, 5.74) is 1.10. The minimum Gasteiger partial charge on any atom is -0.395 e. The van der Waals surface area contributed by atoms with Crippen LogP contribution in [0, 0.1) is 0 Å². The van der Waals surface area contributed by atoms with E-state index in [1.165, 1.54) is 0 Å². The zero-order chi connectivity index (χ0) is 12.0. The Morgan fingerprint density at radius 2 is 2.12 bits per heavy atom. The van der Waals surface area contributed by atoms with Crippen molar-refractivity contribution in [2.24, 2.45) is 0 Å². The number of anilines is 2. The summed E-state index contributed by atoms with van der Waals surface area (Å²) in [7, 11) is 1.85. The standard InChI is InChI=1S/C11H20N4O/c1-4-9-10(12-3)13-8-14-11(9)15(5-2)6-7-16/h8,16H,4-7H2,1-3H3,(H,12,13,14). The third kappa shape index (κ3) is 2.61. The number of aromatic nitrogens is 2. The van der Waals surface area contributed by atoms with Gasteiger partial charge in [0.2, 0.25) is 0 Å². The second kappa shape index (κ2) is 6.27. The van der Waals surface area contributed by atoms with Crippen LogP contribution in [0.4, 0.5) is 11.6 Å². The van der Waals surface area contributed by atoms with Gasteiger partial charge < -0.3 is 15.3 Å². The summed E-state index contributed by atoms with van der Waals surface area (Å²) in [5.74, 6) is 1.78. The van der Waals surface area contributed by atoms with Crippen LogP contribution < -0.4 is 10.2 Å². The minimum atomic E-state index is 0.135. The van der Waals surface area contributed by atoms with Crippen LogP contribution >= 0.6 is 0 Å². The summed E-state index contributed by atoms with van der Waals surface area (Å²) < 4.78 is 0. The summed E-state index contributed by atoms with van der Waals surface area (Å²) in [6, 6.07) is 0. The van der Waals surface area contributed by atoms with Crippen molar-refractivity contribution in [3.63, 3.8) is 0 Å². The molecule has 16 heavy (non-hydrogen) atoms. The van der Waals surface area contributed by atoms with Gasteiger partial charge in [-0.15, -0.1) is 0 Å². The number of nitrogens with one attached hydrogen (secondary N) is 1. The smallest absolute Gasteiger partial charge is 0.137 e. The second-order valence-electron chi connectivity index (χ2n) is 3.43. The van der Waals surface area contributed by atoms with E-state index in [1.54, 1.807) is 6.33 Å². The van der Waals surface area contributed by atoms with E-state index in [-0.39, 0.29) is 6.61 Å². The van der Waals surface area contributed by atoms with E-state index >= 15 is 0 Å². The number of nitrogens with zero attached hydrogens (tertiary/aromatic N) is 3. The molecule has 0 unspecified atom stereocenters. The quantitative estimate of drug-likeness (QED) is 0.751. The first-order valence-electron chi connectivity index (χ1n) is 5.65. The van der Waals surface area contributed by atoms with E-state index in [4.69, 9.17) is 5.11 Å². The maximum atomic E-state index is 9.02. The Labute approximate surface area is 96.5 Å². The van der Waals surface area contributed by atoms with Crippen molar-refractivity contribution in [2.75, 3.05) is 37.0 Å². The first kappa shape index (κ1) is 12.7. The number of hydrogen-bond donors (Lipinski definition) is 2. The second-order valence-corrected chi connectivity index (χ2v) is 3.43. The molecule has 0 spiro atoms. The molecular weight excluding hydrogens is 204 g/mol. The Morgan fingerprint density at radius 3 is 2.62 bits per heavy atom. The number of likely N-dealkylation sites (N-methyl/N-ethyl adjacent to an activating group) is 1. The van der Waals surface area contributed by atoms with Gasteiger partial charge in [0, 0.05) is 25.7 Å². The molecule has 90 valence electrons. The van der Waals surface area contributed by atoms with Crippen LogP contribution in [0.3, 0.4) is 0 Å². The van der Waals surface area contributed by atoms with Crippen LogP contribution in [0.15, 0.2) is 6.33 Å². The molecule has 0 bridgehead atoms. The number of hydrogen-bond acceptors (Lipinski definition) is 5. The highest BCUT2D eigenvalue weighted by atomic mass is 16.3. The molecule has 0 fully saturated rings. The number of rotatable bonds is 6. The van der Waals surface area contributed by atoms with Gasteiger partial charge in [0.15, 0.2) is 0 Å². The van der Waals surface area contributed by atoms with Crippen molar-refractivity contribution in [3.05, 3.63) is 11.9 Å². The summed E-state index contributed by atoms with van der Waals surface area (Å²) in [5, 5.41) is 12.1. The topological polar surface area (TPSA) is 61.3 Å². The highest BCUT2D eigenvalue weighted by molar-refractivity contribution is 5.58. The molecule has 1 aromatic heterocycles. The zero-order valence-electron chi connectivity index (χ0n) is 10.2. The first-order valence-corrected chi connectivity index (χ1v) is 5.65. The maximum absolute atomic E-state index is 9.02. The molecular formula is C11H20N4O. The lowest BCUT2D eigenvalue weighted by atomic mass is 10.2. The van der Waals surface area contributed by atoms with E-state index in [0.29, 0.717) is 6.54 Å². The lowest BCUT2D eigenvalue weighted by Gasteiger charge is -2.24. The predicted octanol–water partition coefficient (Wildman–Crippen LogP) is 0.899. The van der Waals surface area contributed by atoms with E-state index in [1.807, 2.05) is 7.05 Å². The number of aliphatic hydroxyl groups excluding tert-OH is 1. The first-order chi connectivity index (χ1) is 7.78. The Kier molecular flexibility index (Phi) is 4.98. The Morgan fingerprint density at radius 1 is 1.38 bits per heavy atom. The van der Waals surface area contributed by atoms with Gasteiger partial charge in [0.25, 0.3) is 0 Å². The Bertz CT molecular complexity index is 330. The van der Waals surface area contributed by atoms with Gasteiger partial charge in [-0.25, -0.2) is 9.97 Å². The van der Waals surface area contributed by atoms with Gasteiger partial charge in [0.05, 0.1) is 6.61 Å². The molecule has 1 heterocycles. The van der Waals surface area contributed by atoms with Crippen LogP contribution in [-0.2, 0) is 6.42 Å². The Hall–Kier alpha value is -1.36. The molecule has 0 radical (unpaired) electrons. The Balaban J connectivity index is 3.09. The molecule has 1 aromatic rings. The van der Waals surface area contributed by atoms with Crippen molar-refractivity contribution in [1.82, 2.24) is 9.97 Å². The molecule has 0 aliphatic rings. The highest BCUT2D eigenvalue weighted by Gasteiger charge is 2.13. The lowest BCUT2D eigenvalue weighted by molar-refractivity contribution is 0.302. The fraction of sp³-hybridized carbons (Fsp3) is 0.636. The fourth-order valence-electron chi connectivity index (χ4n) is 1.75. The lowest BCUT2D eigenvalue weighted by Crippen LogP contribution is -2.28. The van der Waals surface area contributed by atoms with E-state index in [0.717, 1.165) is 30.2 Å². The van der Waals surface area contributed by atoms with E-state index < -0.39 is 0 Å². The number of aliphatic hydroxyl groups is 1. The molecule has 0 saturated carbocycles. The largest absolute Gasteiger partial charge is 0.395 e. The molecule has 0 saturated heterocycles. The van der Waals surface area contributed by atoms with Gasteiger partial charge in [-0.05, 0) is 13.3 Å². The van der Waals surface area contributed by atoms with E-state index in [9.17, 15) is 0 Å². The molecule has 5 nitrogen and oxygen atoms in total. The summed E-state index contributed by atoms with van der Waals surface area (Å²) in [6.07, 6.45) is 2.43. The van der Waals surface area contributed by atoms with Crippen molar-refractivity contribution in [2.45, 2.75) is 20.3 Å². The summed E-state index contributed by atoms with van der Waals surface area (Å²) in [6.45, 7) is 5.69. The predicted molar refractivity (Wildman–Crippen MR) is 65.9 cm³/mol. The van der Waals surface area contributed by atoms with Crippen LogP contribution in [0.2, 0.25) is 0 Å². The molecule has 0 aromatic carbocycles. The SMILES string of the molecule is CCc1c(NC)ncnc1N(CC)CCO. The maximum Gasteiger partial charge on any atom is 0.137 e. The molecule has 0 aliphatic carbocycles. The average Bonchev–Trinajstić information content (AvgIpc) is 2.34. The van der Waals surface area contributed by atoms with Crippen LogP contribution in [0.5, 0.6) is 0 Å². The molecule has 0 atom stereocenters. The van der Waals surface area contributed by atoms with E-state index in [2.05, 4.69) is 34.0 Å². The van der Waals surface area contributed by atoms with Crippen molar-refractivity contribution in [1.29, 1.82) is 0 Å². The van der Waals surface area contributed by atoms with Crippen LogP contribution in [-0.4, -0.2) is 41.8 Å². The summed E-state index contributed by atoms with van der Waals surface area (Å²) >= 11 is 0. The van der Waals surface area contributed by atoms with Gasteiger partial charge in [-0.3, -0.25) is 0 Å². The van der Waals surface area contributed by atoms with Crippen LogP contribution in [0.25, 0.3) is 0 Å². The molecule has 1 rings (SSSR count). The molecule has 5 heteroatoms. The van der Waals surface area contributed by atoms with Gasteiger partial charge >= 0.3 is 0 Å². The fourth-order valence-corrected chi connectivity index (χ4v) is 1.75. The van der Waals surface area contributed by atoms with Gasteiger partial charge in [-0.1, -0.05) is 6.92 Å². The van der Waals surface area contributed by atoms with Gasteiger partial charge in [-0.2, -0.15) is 0 Å². The van der Waals surface area contributed by atoms with Gasteiger partial charge in [0.1, 0.15) is 18.0 Å². The molecule has 2 N–H and O–H groups in total. The monoisotopic (exact) mass is 224 g/mol. The normalized spacial score (nSPS) is 10.2. The third-order valence-corrected chi connectivity index (χ3v) is 2.56.